The Bertz CT molecular complexity index is 6160. The van der Waals surface area contributed by atoms with Crippen LogP contribution in [0.5, 0.6) is 0 Å². The Labute approximate surface area is 835 Å². The molecular formula is C94H93Cl3F4N16O20S4. The average molecular weight is 2080 g/mol. The zero-order valence-electron chi connectivity index (χ0n) is 76.0. The van der Waals surface area contributed by atoms with E-state index in [9.17, 15) is 55.9 Å². The van der Waals surface area contributed by atoms with Crippen molar-refractivity contribution < 1.29 is 114 Å². The highest BCUT2D eigenvalue weighted by Crippen LogP contribution is 2.43. The first-order valence-corrected chi connectivity index (χ1v) is 47.9. The molecular weight excluding hydrogens is 1980 g/mol. The topological polar surface area (TPSA) is 453 Å². The summed E-state index contributed by atoms with van der Waals surface area (Å²) in [5.74, 6) is -7.77. The number of aliphatic imine (C=N–C) groups is 4. The molecule has 141 heavy (non-hydrogen) atoms. The highest BCUT2D eigenvalue weighted by molar-refractivity contribution is 7.12. The molecule has 0 spiro atoms. The molecule has 8 aliphatic heterocycles. The summed E-state index contributed by atoms with van der Waals surface area (Å²) in [6.07, 6.45) is 15.1. The van der Waals surface area contributed by atoms with Gasteiger partial charge in [-0.05, 0) is 96.8 Å². The number of benzene rings is 4. The molecule has 4 fully saturated rings. The van der Waals surface area contributed by atoms with E-state index in [1.54, 1.807) is 72.8 Å². The quantitative estimate of drug-likeness (QED) is 0.00977. The number of halogens is 7. The predicted octanol–water partition coefficient (Wildman–Crippen LogP) is 11.1. The Kier molecular flexibility index (Phi) is 37.5. The minimum absolute atomic E-state index is 0.0372. The van der Waals surface area contributed by atoms with Crippen molar-refractivity contribution in [1.82, 2.24) is 60.8 Å². The Morgan fingerprint density at radius 3 is 1.05 bits per heavy atom. The lowest BCUT2D eigenvalue weighted by Gasteiger charge is -2.34. The van der Waals surface area contributed by atoms with Gasteiger partial charge >= 0.3 is 47.8 Å². The molecule has 16 rings (SSSR count). The number of nitrogens with one attached hydrogen (secondary N) is 4. The standard InChI is InChI=1S/C24H24F2N4O5S.C24H25FN4O5S.C23H22Cl2N4O5S.C23H22ClFN4O5S/c1-13-15(4-5-16(25)20(13)26)21-19(24(33)34-2)17(28-22(29-21)23-27-7-10-36-23)12-30-8-9-35-14(11-30)3-6-18(31)32;1-14-11-15(25)3-5-17(14)21-20(24(32)33-2)18(27-22(28-21)23-26-7-10-35-23)13-29-8-9-34-16(12-29)4-6-19(30)31;1-33-23(32)19-17(12-29-7-8-34-14(11-29)3-5-18(30)31)27-21(22-26-6-9-35-22)28-20(19)15-4-2-13(24)10-16(15)25;1-33-23(32)18-16(12-29-8-9-34-13(11-29)5-6-17(30)31)27-21(22-26-7-10-35-22)28-20(18)14-3-2-4-15(25)19(14)24/h3-7,10,14,21H,8-9,11-12H2,1-2H3,(H,28,29)(H,31,32);3-7,10-11,16,21H,8-9,12-13H2,1-2H3,(H,27,28)(H,30,31);2-6,9-10,14,20H,7-8,11-12H2,1H3,(H,27,28)(H,30,31);2-7,10,13,20H,8-9,11-12H2,1H3,(H,27,28)(H,30,31)/b6-3+;6-4+;5-3+;6-5+/t14-,21+;16-,21+;14-,20+;13-,20+/m1111/s1. The number of aromatic nitrogens is 4. The number of morpholine rings is 4. The first-order chi connectivity index (χ1) is 67.8. The van der Waals surface area contributed by atoms with Gasteiger partial charge in [0.15, 0.2) is 55.0 Å². The number of methoxy groups -OCH3 is 4. The third-order valence-electron chi connectivity index (χ3n) is 22.5. The van der Waals surface area contributed by atoms with Crippen LogP contribution in [0.2, 0.25) is 15.1 Å². The van der Waals surface area contributed by atoms with Gasteiger partial charge in [-0.25, -0.2) is 75.9 Å². The van der Waals surface area contributed by atoms with Crippen LogP contribution in [0.4, 0.5) is 17.6 Å². The van der Waals surface area contributed by atoms with Crippen LogP contribution in [0.25, 0.3) is 0 Å². The molecule has 8 aliphatic rings. The summed E-state index contributed by atoms with van der Waals surface area (Å²) in [6, 6.07) is 12.8. The van der Waals surface area contributed by atoms with Gasteiger partial charge in [-0.3, -0.25) is 39.6 Å². The number of carboxylic acids is 4. The number of thiazole rings is 4. The van der Waals surface area contributed by atoms with E-state index in [0.717, 1.165) is 30.4 Å². The molecule has 0 bridgehead atoms. The fourth-order valence-electron chi connectivity index (χ4n) is 16.0. The van der Waals surface area contributed by atoms with Crippen LogP contribution < -0.4 is 21.3 Å². The molecule has 0 aliphatic carbocycles. The lowest BCUT2D eigenvalue weighted by Crippen LogP contribution is -2.46. The second-order valence-electron chi connectivity index (χ2n) is 31.7. The molecule has 8 N–H and O–H groups in total. The van der Waals surface area contributed by atoms with Gasteiger partial charge in [-0.15, -0.1) is 45.3 Å². The number of amidine groups is 4. The molecule has 0 radical (unpaired) electrons. The first-order valence-electron chi connectivity index (χ1n) is 43.2. The molecule has 8 aromatic rings. The van der Waals surface area contributed by atoms with Crippen LogP contribution in [0, 0.1) is 37.1 Å². The lowest BCUT2D eigenvalue weighted by atomic mass is 9.92. The van der Waals surface area contributed by atoms with Gasteiger partial charge in [-0.1, -0.05) is 65.1 Å². The van der Waals surface area contributed by atoms with E-state index in [1.807, 2.05) is 20.6 Å². The Morgan fingerprint density at radius 2 is 0.738 bits per heavy atom. The maximum Gasteiger partial charge on any atom is 0.338 e. The Balaban J connectivity index is 0.000000158. The molecule has 742 valence electrons. The highest BCUT2D eigenvalue weighted by atomic mass is 35.5. The van der Waals surface area contributed by atoms with Crippen LogP contribution in [0.15, 0.2) is 227 Å². The van der Waals surface area contributed by atoms with Crippen LogP contribution in [-0.2, 0) is 76.3 Å². The minimum Gasteiger partial charge on any atom is -0.478 e. The number of hydrogen-bond acceptors (Lipinski definition) is 36. The van der Waals surface area contributed by atoms with E-state index in [4.69, 9.17) is 103 Å². The monoisotopic (exact) mass is 2070 g/mol. The molecule has 4 aromatic heterocycles. The number of carboxylic acid groups (broad SMARTS) is 4. The van der Waals surface area contributed by atoms with Gasteiger partial charge in [0.25, 0.3) is 0 Å². The first kappa shape index (κ1) is 106. The third-order valence-corrected chi connectivity index (χ3v) is 26.5. The Hall–Kier alpha value is -12.8. The summed E-state index contributed by atoms with van der Waals surface area (Å²) >= 11 is 24.4. The maximum atomic E-state index is 14.5. The zero-order valence-corrected chi connectivity index (χ0v) is 81.5. The smallest absolute Gasteiger partial charge is 0.338 e. The number of ether oxygens (including phenoxy) is 8. The van der Waals surface area contributed by atoms with E-state index in [2.05, 4.69) is 61.0 Å². The normalized spacial score (nSPS) is 21.0. The molecule has 47 heteroatoms. The molecule has 4 saturated heterocycles. The molecule has 0 saturated carbocycles. The molecule has 12 heterocycles. The van der Waals surface area contributed by atoms with E-state index < -0.39 is 108 Å². The number of aryl methyl sites for hydroxylation is 1. The summed E-state index contributed by atoms with van der Waals surface area (Å²) in [6.45, 7) is 9.87. The maximum absolute atomic E-state index is 14.5. The van der Waals surface area contributed by atoms with Crippen LogP contribution in [-0.4, -0.2) is 289 Å². The van der Waals surface area contributed by atoms with Crippen molar-refractivity contribution in [3.63, 3.8) is 0 Å². The second kappa shape index (κ2) is 50.1. The number of nitrogens with zero attached hydrogens (tertiary/aromatic N) is 12. The van der Waals surface area contributed by atoms with Crippen molar-refractivity contribution in [2.24, 2.45) is 20.0 Å². The molecule has 0 amide bonds. The molecule has 0 unspecified atom stereocenters. The summed E-state index contributed by atoms with van der Waals surface area (Å²) in [5, 5.41) is 59.0. The van der Waals surface area contributed by atoms with Crippen molar-refractivity contribution in [3.8, 4) is 0 Å². The van der Waals surface area contributed by atoms with E-state index in [1.165, 1.54) is 135 Å². The average Bonchev–Trinajstić information content (AvgIpc) is 1.79. The number of hydrogen-bond donors (Lipinski definition) is 8. The van der Waals surface area contributed by atoms with E-state index in [-0.39, 0.29) is 46.7 Å². The zero-order chi connectivity index (χ0) is 101. The molecule has 36 nitrogen and oxygen atoms in total. The van der Waals surface area contributed by atoms with E-state index in [0.29, 0.717) is 207 Å². The van der Waals surface area contributed by atoms with Crippen molar-refractivity contribution in [2.45, 2.75) is 62.4 Å². The van der Waals surface area contributed by atoms with Crippen molar-refractivity contribution in [3.05, 3.63) is 298 Å². The van der Waals surface area contributed by atoms with Gasteiger partial charge in [0.2, 0.25) is 0 Å². The van der Waals surface area contributed by atoms with Gasteiger partial charge in [0, 0.05) is 193 Å². The minimum atomic E-state index is -1.07. The summed E-state index contributed by atoms with van der Waals surface area (Å²) < 4.78 is 99.6. The van der Waals surface area contributed by atoms with Crippen LogP contribution in [0.1, 0.15) is 77.6 Å². The van der Waals surface area contributed by atoms with E-state index >= 15 is 0 Å². The van der Waals surface area contributed by atoms with Gasteiger partial charge in [0.05, 0.1) is 107 Å². The van der Waals surface area contributed by atoms with Gasteiger partial charge in [0.1, 0.15) is 35.8 Å². The summed E-state index contributed by atoms with van der Waals surface area (Å²) in [5.41, 5.74) is 5.80. The van der Waals surface area contributed by atoms with Crippen LogP contribution >= 0.6 is 80.1 Å². The third kappa shape index (κ3) is 27.7. The Morgan fingerprint density at radius 1 is 0.418 bits per heavy atom. The molecule has 8 atom stereocenters. The predicted molar refractivity (Wildman–Crippen MR) is 516 cm³/mol. The highest BCUT2D eigenvalue weighted by Gasteiger charge is 2.42. The second-order valence-corrected chi connectivity index (χ2v) is 36.5. The number of esters is 4. The number of aliphatic carboxylic acids is 4. The summed E-state index contributed by atoms with van der Waals surface area (Å²) in [7, 11) is 5.13. The number of carbonyl (C=O) groups excluding carboxylic acids is 4. The lowest BCUT2D eigenvalue weighted by molar-refractivity contribution is -0.137. The largest absolute Gasteiger partial charge is 0.478 e. The van der Waals surface area contributed by atoms with Crippen molar-refractivity contribution in [2.75, 3.05) is 133 Å². The van der Waals surface area contributed by atoms with Gasteiger partial charge in [-0.2, -0.15) is 0 Å². The SMILES string of the molecule is COC(=O)C1=C(CN2CCO[C@H](/C=C/C(=O)O)C2)NC(c2nccs2)=N[C@H]1c1ccc(Cl)cc1Cl.COC(=O)C1=C(CN2CCO[C@H](/C=C/C(=O)O)C2)NC(c2nccs2)=N[C@H]1c1ccc(F)c(F)c1C.COC(=O)C1=C(CN2CCO[C@H](/C=C/C(=O)O)C2)NC(c2nccs2)=N[C@H]1c1ccc(F)cc1C.COC(=O)C1=C(CN2CCO[C@H](/C=C/C(=O)O)C2)NC(c2nccs2)=N[C@H]1c1cccc(F)c1Cl. The number of rotatable bonds is 28. The number of carbonyl (C=O) groups is 8. The fraction of sp³-hybridized carbons (Fsp3) is 0.319. The van der Waals surface area contributed by atoms with Crippen LogP contribution in [0.3, 0.4) is 0 Å². The fourth-order valence-corrected chi connectivity index (χ4v) is 19.1. The van der Waals surface area contributed by atoms with Gasteiger partial charge < -0.3 is 79.6 Å². The molecule has 4 aromatic carbocycles. The summed E-state index contributed by atoms with van der Waals surface area (Å²) in [4.78, 5) is 140. The van der Waals surface area contributed by atoms with Crippen molar-refractivity contribution >= 4 is 151 Å². The van der Waals surface area contributed by atoms with Crippen molar-refractivity contribution in [1.29, 1.82) is 0 Å².